The highest BCUT2D eigenvalue weighted by Gasteiger charge is 2.30. The lowest BCUT2D eigenvalue weighted by molar-refractivity contribution is 0.0116. The Labute approximate surface area is 137 Å². The van der Waals surface area contributed by atoms with Gasteiger partial charge in [-0.3, -0.25) is 0 Å². The number of amides is 2. The monoisotopic (exact) mass is 338 g/mol. The topological polar surface area (TPSA) is 67.3 Å². The van der Waals surface area contributed by atoms with Gasteiger partial charge in [0.2, 0.25) is 0 Å². The maximum atomic E-state index is 12.4. The lowest BCUT2D eigenvalue weighted by Crippen LogP contribution is -2.48. The summed E-state index contributed by atoms with van der Waals surface area (Å²) in [5.41, 5.74) is 3.80. The van der Waals surface area contributed by atoms with Crippen LogP contribution in [0, 0.1) is 6.92 Å². The van der Waals surface area contributed by atoms with Crippen LogP contribution in [-0.2, 0) is 11.2 Å². The fourth-order valence-corrected chi connectivity index (χ4v) is 3.82. The minimum atomic E-state index is -0.0910. The maximum Gasteiger partial charge on any atom is 0.318 e. The van der Waals surface area contributed by atoms with Crippen molar-refractivity contribution in [1.29, 1.82) is 0 Å². The van der Waals surface area contributed by atoms with Gasteiger partial charge in [0.25, 0.3) is 0 Å². The third-order valence-electron chi connectivity index (χ3n) is 3.45. The quantitative estimate of drug-likeness (QED) is 0.928. The van der Waals surface area contributed by atoms with Gasteiger partial charge in [0, 0.05) is 36.0 Å². The molecule has 0 spiro atoms. The predicted octanol–water partition coefficient (Wildman–Crippen LogP) is 2.23. The normalized spacial score (nSPS) is 18.4. The van der Waals surface area contributed by atoms with E-state index < -0.39 is 0 Å². The van der Waals surface area contributed by atoms with Crippen molar-refractivity contribution in [1.82, 2.24) is 20.2 Å². The summed E-state index contributed by atoms with van der Waals surface area (Å²) in [6, 6.07) is -0.150. The Kier molecular flexibility index (Phi) is 5.01. The minimum Gasteiger partial charge on any atom is -0.377 e. The zero-order valence-corrected chi connectivity index (χ0v) is 14.0. The molecule has 0 aromatic carbocycles. The van der Waals surface area contributed by atoms with E-state index in [1.807, 2.05) is 22.6 Å². The Balaban J connectivity index is 1.59. The molecule has 1 saturated heterocycles. The standard InChI is InChI=1S/C14H18N4O2S2/c1-10-7-22-13(17-10)12-6-20-5-4-18(12)14(19)15-3-2-11-8-21-9-16-11/h7-9,12H,2-6H2,1H3,(H,15,19)/t12-/m0/s1. The molecule has 118 valence electrons. The second-order valence-electron chi connectivity index (χ2n) is 5.07. The van der Waals surface area contributed by atoms with Crippen molar-refractivity contribution >= 4 is 28.7 Å². The zero-order valence-electron chi connectivity index (χ0n) is 12.3. The van der Waals surface area contributed by atoms with Gasteiger partial charge in [-0.2, -0.15) is 0 Å². The number of ether oxygens (including phenoxy) is 1. The van der Waals surface area contributed by atoms with E-state index in [4.69, 9.17) is 4.74 Å². The number of hydrogen-bond donors (Lipinski definition) is 1. The molecule has 1 N–H and O–H groups in total. The lowest BCUT2D eigenvalue weighted by atomic mass is 10.2. The number of nitrogens with zero attached hydrogens (tertiary/aromatic N) is 3. The molecule has 0 aliphatic carbocycles. The van der Waals surface area contributed by atoms with Crippen molar-refractivity contribution in [2.45, 2.75) is 19.4 Å². The summed E-state index contributed by atoms with van der Waals surface area (Å²) in [5, 5.41) is 7.91. The van der Waals surface area contributed by atoms with E-state index in [0.717, 1.165) is 22.8 Å². The second kappa shape index (κ2) is 7.17. The van der Waals surface area contributed by atoms with Crippen molar-refractivity contribution in [3.05, 3.63) is 32.7 Å². The molecular formula is C14H18N4O2S2. The summed E-state index contributed by atoms with van der Waals surface area (Å²) in [6.07, 6.45) is 0.751. The molecule has 1 atom stereocenters. The van der Waals surface area contributed by atoms with Gasteiger partial charge in [0.15, 0.2) is 0 Å². The van der Waals surface area contributed by atoms with Crippen LogP contribution >= 0.6 is 22.7 Å². The molecule has 6 nitrogen and oxygen atoms in total. The van der Waals surface area contributed by atoms with Crippen LogP contribution in [0.1, 0.15) is 22.4 Å². The molecule has 1 fully saturated rings. The molecule has 22 heavy (non-hydrogen) atoms. The van der Waals surface area contributed by atoms with Gasteiger partial charge in [0.1, 0.15) is 11.0 Å². The van der Waals surface area contributed by atoms with Crippen molar-refractivity contribution in [2.75, 3.05) is 26.3 Å². The van der Waals surface area contributed by atoms with E-state index in [0.29, 0.717) is 26.3 Å². The number of nitrogens with one attached hydrogen (secondary N) is 1. The fourth-order valence-electron chi connectivity index (χ4n) is 2.34. The number of morpholine rings is 1. The van der Waals surface area contributed by atoms with Crippen LogP contribution < -0.4 is 5.32 Å². The van der Waals surface area contributed by atoms with Crippen LogP contribution in [0.2, 0.25) is 0 Å². The van der Waals surface area contributed by atoms with Gasteiger partial charge in [-0.1, -0.05) is 0 Å². The first-order chi connectivity index (χ1) is 10.7. The van der Waals surface area contributed by atoms with E-state index in [9.17, 15) is 4.79 Å². The van der Waals surface area contributed by atoms with Gasteiger partial charge in [-0.25, -0.2) is 14.8 Å². The van der Waals surface area contributed by atoms with Crippen LogP contribution in [0.5, 0.6) is 0 Å². The van der Waals surface area contributed by atoms with Gasteiger partial charge >= 0.3 is 6.03 Å². The molecular weight excluding hydrogens is 320 g/mol. The van der Waals surface area contributed by atoms with E-state index in [2.05, 4.69) is 15.3 Å². The Morgan fingerprint density at radius 1 is 1.55 bits per heavy atom. The number of urea groups is 1. The fraction of sp³-hybridized carbons (Fsp3) is 0.500. The molecule has 3 rings (SSSR count). The molecule has 0 unspecified atom stereocenters. The Hall–Kier alpha value is -1.51. The van der Waals surface area contributed by atoms with Gasteiger partial charge in [-0.15, -0.1) is 22.7 Å². The molecule has 1 aliphatic heterocycles. The zero-order chi connectivity index (χ0) is 15.4. The third kappa shape index (κ3) is 3.63. The summed E-state index contributed by atoms with van der Waals surface area (Å²) in [7, 11) is 0. The first-order valence-corrected chi connectivity index (χ1v) is 8.97. The van der Waals surface area contributed by atoms with E-state index >= 15 is 0 Å². The van der Waals surface area contributed by atoms with Crippen LogP contribution in [0.4, 0.5) is 4.79 Å². The maximum absolute atomic E-state index is 12.4. The van der Waals surface area contributed by atoms with Crippen LogP contribution in [0.15, 0.2) is 16.3 Å². The molecule has 8 heteroatoms. The molecule has 2 aromatic heterocycles. The van der Waals surface area contributed by atoms with E-state index in [1.165, 1.54) is 0 Å². The predicted molar refractivity (Wildman–Crippen MR) is 86.3 cm³/mol. The highest BCUT2D eigenvalue weighted by atomic mass is 32.1. The van der Waals surface area contributed by atoms with Gasteiger partial charge in [0.05, 0.1) is 24.4 Å². The van der Waals surface area contributed by atoms with Crippen LogP contribution in [-0.4, -0.2) is 47.2 Å². The van der Waals surface area contributed by atoms with Crippen molar-refractivity contribution in [3.8, 4) is 0 Å². The average molecular weight is 338 g/mol. The van der Waals surface area contributed by atoms with Gasteiger partial charge in [-0.05, 0) is 6.92 Å². The summed E-state index contributed by atoms with van der Waals surface area (Å²) in [6.45, 7) is 4.21. The third-order valence-corrected chi connectivity index (χ3v) is 5.15. The van der Waals surface area contributed by atoms with Gasteiger partial charge < -0.3 is 15.0 Å². The number of hydrogen-bond acceptors (Lipinski definition) is 6. The van der Waals surface area contributed by atoms with E-state index in [1.54, 1.807) is 28.2 Å². The lowest BCUT2D eigenvalue weighted by Gasteiger charge is -2.34. The molecule has 3 heterocycles. The second-order valence-corrected chi connectivity index (χ2v) is 6.68. The number of rotatable bonds is 4. The Morgan fingerprint density at radius 2 is 2.45 bits per heavy atom. The number of carbonyl (C=O) groups is 1. The van der Waals surface area contributed by atoms with Crippen LogP contribution in [0.25, 0.3) is 0 Å². The minimum absolute atomic E-state index is 0.0589. The SMILES string of the molecule is Cc1csc([C@@H]2COCCN2C(=O)NCCc2cscn2)n1. The van der Waals surface area contributed by atoms with Crippen molar-refractivity contribution < 1.29 is 9.53 Å². The number of thiazole rings is 2. The summed E-state index contributed by atoms with van der Waals surface area (Å²) in [4.78, 5) is 23.0. The number of aryl methyl sites for hydroxylation is 1. The highest BCUT2D eigenvalue weighted by Crippen LogP contribution is 2.26. The molecule has 0 saturated carbocycles. The summed E-state index contributed by atoms with van der Waals surface area (Å²) >= 11 is 3.15. The Morgan fingerprint density at radius 3 is 3.18 bits per heavy atom. The smallest absolute Gasteiger partial charge is 0.318 e. The van der Waals surface area contributed by atoms with Crippen molar-refractivity contribution in [3.63, 3.8) is 0 Å². The van der Waals surface area contributed by atoms with E-state index in [-0.39, 0.29) is 12.1 Å². The molecule has 0 radical (unpaired) electrons. The number of carbonyl (C=O) groups excluding carboxylic acids is 1. The largest absolute Gasteiger partial charge is 0.377 e. The molecule has 0 bridgehead atoms. The first-order valence-electron chi connectivity index (χ1n) is 7.15. The highest BCUT2D eigenvalue weighted by molar-refractivity contribution is 7.09. The molecule has 2 amide bonds. The molecule has 2 aromatic rings. The molecule has 1 aliphatic rings. The average Bonchev–Trinajstić information content (AvgIpc) is 3.19. The Bertz CT molecular complexity index is 614. The van der Waals surface area contributed by atoms with Crippen molar-refractivity contribution in [2.24, 2.45) is 0 Å². The number of aromatic nitrogens is 2. The summed E-state index contributed by atoms with van der Waals surface area (Å²) in [5.74, 6) is 0. The summed E-state index contributed by atoms with van der Waals surface area (Å²) < 4.78 is 5.53. The van der Waals surface area contributed by atoms with Crippen LogP contribution in [0.3, 0.4) is 0 Å². The first kappa shape index (κ1) is 15.4.